The zero-order valence-electron chi connectivity index (χ0n) is 13.8. The number of aryl methyl sites for hydroxylation is 1. The van der Waals surface area contributed by atoms with Crippen molar-refractivity contribution in [2.45, 2.75) is 13.5 Å². The predicted molar refractivity (Wildman–Crippen MR) is 88.1 cm³/mol. The van der Waals surface area contributed by atoms with Crippen LogP contribution in [0.3, 0.4) is 0 Å². The van der Waals surface area contributed by atoms with Crippen LogP contribution in [0.4, 0.5) is 4.79 Å². The maximum atomic E-state index is 12.3. The van der Waals surface area contributed by atoms with E-state index in [1.54, 1.807) is 4.90 Å². The molecule has 2 aliphatic rings. The Morgan fingerprint density at radius 2 is 1.92 bits per heavy atom. The number of urea groups is 1. The van der Waals surface area contributed by atoms with Crippen molar-refractivity contribution in [1.29, 1.82) is 0 Å². The standard InChI is InChI=1S/C17H22N4O3/c1-13-3-2-4-14(9-13)11-19-5-7-20(8-6-19)16(23)12-21-15(22)10-18-17(21)24/h2-4,9H,5-8,10-12H2,1H3,(H,18,24). The van der Waals surface area contributed by atoms with E-state index < -0.39 is 6.03 Å². The predicted octanol–water partition coefficient (Wildman–Crippen LogP) is 0.191. The highest BCUT2D eigenvalue weighted by Crippen LogP contribution is 2.11. The smallest absolute Gasteiger partial charge is 0.325 e. The highest BCUT2D eigenvalue weighted by atomic mass is 16.2. The van der Waals surface area contributed by atoms with Gasteiger partial charge in [-0.15, -0.1) is 0 Å². The zero-order chi connectivity index (χ0) is 17.1. The molecule has 1 aromatic rings. The van der Waals surface area contributed by atoms with Crippen LogP contribution in [0.1, 0.15) is 11.1 Å². The Hall–Kier alpha value is -2.41. The lowest BCUT2D eigenvalue weighted by Crippen LogP contribution is -2.51. The number of nitrogens with one attached hydrogen (secondary N) is 1. The van der Waals surface area contributed by atoms with Crippen LogP contribution in [0, 0.1) is 6.92 Å². The summed E-state index contributed by atoms with van der Waals surface area (Å²) in [5.41, 5.74) is 2.52. The monoisotopic (exact) mass is 330 g/mol. The molecule has 4 amide bonds. The van der Waals surface area contributed by atoms with Crippen LogP contribution in [0.5, 0.6) is 0 Å². The van der Waals surface area contributed by atoms with Gasteiger partial charge in [0.25, 0.3) is 5.91 Å². The molecular formula is C17H22N4O3. The molecule has 1 N–H and O–H groups in total. The summed E-state index contributed by atoms with van der Waals surface area (Å²) in [5.74, 6) is -0.512. The van der Waals surface area contributed by atoms with E-state index in [4.69, 9.17) is 0 Å². The molecule has 2 aliphatic heterocycles. The second kappa shape index (κ2) is 7.00. The summed E-state index contributed by atoms with van der Waals surface area (Å²) in [5, 5.41) is 2.43. The SMILES string of the molecule is Cc1cccc(CN2CCN(C(=O)CN3C(=O)CNC3=O)CC2)c1. The third kappa shape index (κ3) is 3.73. The Labute approximate surface area is 141 Å². The maximum absolute atomic E-state index is 12.3. The Bertz CT molecular complexity index is 637. The lowest BCUT2D eigenvalue weighted by atomic mass is 10.1. The summed E-state index contributed by atoms with van der Waals surface area (Å²) in [7, 11) is 0. The Balaban J connectivity index is 1.48. The molecule has 128 valence electrons. The third-order valence-corrected chi connectivity index (χ3v) is 4.44. The summed E-state index contributed by atoms with van der Waals surface area (Å²) in [4.78, 5) is 40.4. The first kappa shape index (κ1) is 16.4. The van der Waals surface area contributed by atoms with Gasteiger partial charge < -0.3 is 10.2 Å². The van der Waals surface area contributed by atoms with Crippen LogP contribution in [0.2, 0.25) is 0 Å². The Morgan fingerprint density at radius 1 is 1.17 bits per heavy atom. The van der Waals surface area contributed by atoms with E-state index in [1.807, 2.05) is 0 Å². The molecule has 2 heterocycles. The molecule has 7 heteroatoms. The van der Waals surface area contributed by atoms with Gasteiger partial charge in [-0.3, -0.25) is 19.4 Å². The normalized spacial score (nSPS) is 18.9. The van der Waals surface area contributed by atoms with Crippen molar-refractivity contribution in [3.8, 4) is 0 Å². The second-order valence-electron chi connectivity index (χ2n) is 6.28. The van der Waals surface area contributed by atoms with Gasteiger partial charge in [0.15, 0.2) is 0 Å². The Morgan fingerprint density at radius 3 is 2.54 bits per heavy atom. The maximum Gasteiger partial charge on any atom is 0.325 e. The second-order valence-corrected chi connectivity index (χ2v) is 6.28. The van der Waals surface area contributed by atoms with Crippen molar-refractivity contribution >= 4 is 17.8 Å². The molecule has 0 unspecified atom stereocenters. The van der Waals surface area contributed by atoms with Crippen molar-refractivity contribution in [2.24, 2.45) is 0 Å². The average molecular weight is 330 g/mol. The van der Waals surface area contributed by atoms with Gasteiger partial charge in [0, 0.05) is 32.7 Å². The molecule has 7 nitrogen and oxygen atoms in total. The highest BCUT2D eigenvalue weighted by Gasteiger charge is 2.32. The number of nitrogens with zero attached hydrogens (tertiary/aromatic N) is 3. The van der Waals surface area contributed by atoms with Crippen molar-refractivity contribution in [3.63, 3.8) is 0 Å². The minimum absolute atomic E-state index is 0.0175. The summed E-state index contributed by atoms with van der Waals surface area (Å²) >= 11 is 0. The molecule has 2 saturated heterocycles. The quantitative estimate of drug-likeness (QED) is 0.800. The number of carbonyl (C=O) groups is 3. The highest BCUT2D eigenvalue weighted by molar-refractivity contribution is 6.04. The molecule has 0 bridgehead atoms. The molecule has 0 aliphatic carbocycles. The number of amides is 4. The van der Waals surface area contributed by atoms with Gasteiger partial charge in [0.05, 0.1) is 6.54 Å². The van der Waals surface area contributed by atoms with Crippen molar-refractivity contribution < 1.29 is 14.4 Å². The molecule has 0 spiro atoms. The van der Waals surface area contributed by atoms with Crippen LogP contribution in [0.15, 0.2) is 24.3 Å². The minimum Gasteiger partial charge on any atom is -0.339 e. The number of rotatable bonds is 4. The van der Waals surface area contributed by atoms with Gasteiger partial charge in [-0.05, 0) is 12.5 Å². The molecule has 0 atom stereocenters. The largest absolute Gasteiger partial charge is 0.339 e. The van der Waals surface area contributed by atoms with Crippen LogP contribution in [-0.4, -0.2) is 71.8 Å². The fourth-order valence-corrected chi connectivity index (χ4v) is 3.07. The summed E-state index contributed by atoms with van der Waals surface area (Å²) in [6, 6.07) is 7.95. The van der Waals surface area contributed by atoms with E-state index in [1.165, 1.54) is 11.1 Å². The summed E-state index contributed by atoms with van der Waals surface area (Å²) in [6.07, 6.45) is 0. The van der Waals surface area contributed by atoms with E-state index in [0.717, 1.165) is 24.5 Å². The zero-order valence-corrected chi connectivity index (χ0v) is 13.8. The third-order valence-electron chi connectivity index (χ3n) is 4.44. The Kier molecular flexibility index (Phi) is 4.80. The van der Waals surface area contributed by atoms with Gasteiger partial charge in [-0.2, -0.15) is 0 Å². The van der Waals surface area contributed by atoms with Gasteiger partial charge >= 0.3 is 6.03 Å². The van der Waals surface area contributed by atoms with Crippen molar-refractivity contribution in [2.75, 3.05) is 39.3 Å². The first-order valence-electron chi connectivity index (χ1n) is 8.17. The number of hydrogen-bond donors (Lipinski definition) is 1. The van der Waals surface area contributed by atoms with Gasteiger partial charge in [0.1, 0.15) is 6.54 Å². The lowest BCUT2D eigenvalue weighted by Gasteiger charge is -2.35. The van der Waals surface area contributed by atoms with E-state index in [-0.39, 0.29) is 24.9 Å². The van der Waals surface area contributed by atoms with Crippen LogP contribution < -0.4 is 5.32 Å². The van der Waals surface area contributed by atoms with Crippen LogP contribution in [-0.2, 0) is 16.1 Å². The van der Waals surface area contributed by atoms with Crippen LogP contribution in [0.25, 0.3) is 0 Å². The summed E-state index contributed by atoms with van der Waals surface area (Å²) in [6.45, 7) is 5.59. The number of hydrogen-bond acceptors (Lipinski definition) is 4. The van der Waals surface area contributed by atoms with Gasteiger partial charge in [0.2, 0.25) is 5.91 Å². The lowest BCUT2D eigenvalue weighted by molar-refractivity contribution is -0.137. The van der Waals surface area contributed by atoms with E-state index in [9.17, 15) is 14.4 Å². The first-order chi connectivity index (χ1) is 11.5. The molecule has 0 radical (unpaired) electrons. The molecule has 2 fully saturated rings. The average Bonchev–Trinajstić information content (AvgIpc) is 2.87. The number of imide groups is 1. The van der Waals surface area contributed by atoms with Gasteiger partial charge in [-0.1, -0.05) is 29.8 Å². The van der Waals surface area contributed by atoms with Crippen molar-refractivity contribution in [3.05, 3.63) is 35.4 Å². The number of carbonyl (C=O) groups excluding carboxylic acids is 3. The van der Waals surface area contributed by atoms with E-state index in [0.29, 0.717) is 13.1 Å². The first-order valence-corrected chi connectivity index (χ1v) is 8.17. The number of benzene rings is 1. The molecular weight excluding hydrogens is 308 g/mol. The van der Waals surface area contributed by atoms with Gasteiger partial charge in [-0.25, -0.2) is 4.79 Å². The van der Waals surface area contributed by atoms with Crippen LogP contribution >= 0.6 is 0 Å². The van der Waals surface area contributed by atoms with E-state index >= 15 is 0 Å². The minimum atomic E-state index is -0.480. The molecule has 0 aromatic heterocycles. The van der Waals surface area contributed by atoms with E-state index in [2.05, 4.69) is 41.4 Å². The number of piperazine rings is 1. The molecule has 24 heavy (non-hydrogen) atoms. The molecule has 3 rings (SSSR count). The molecule has 0 saturated carbocycles. The van der Waals surface area contributed by atoms with Crippen molar-refractivity contribution in [1.82, 2.24) is 20.0 Å². The summed E-state index contributed by atoms with van der Waals surface area (Å²) < 4.78 is 0. The molecule has 1 aromatic carbocycles. The fraction of sp³-hybridized carbons (Fsp3) is 0.471. The fourth-order valence-electron chi connectivity index (χ4n) is 3.07. The topological polar surface area (TPSA) is 73.0 Å².